The molecular formula is C32H37F3N2O3. The van der Waals surface area contributed by atoms with E-state index in [1.807, 2.05) is 17.0 Å². The van der Waals surface area contributed by atoms with E-state index >= 15 is 0 Å². The van der Waals surface area contributed by atoms with Crippen molar-refractivity contribution < 1.29 is 27.5 Å². The quantitative estimate of drug-likeness (QED) is 0.264. The van der Waals surface area contributed by atoms with Gasteiger partial charge in [0, 0.05) is 42.6 Å². The molecule has 214 valence electrons. The molecule has 5 rings (SSSR count). The maximum atomic E-state index is 13.6. The van der Waals surface area contributed by atoms with Gasteiger partial charge in [0.05, 0.1) is 5.56 Å². The summed E-state index contributed by atoms with van der Waals surface area (Å²) in [6.07, 6.45) is 2.86. The summed E-state index contributed by atoms with van der Waals surface area (Å²) in [5, 5.41) is 3.71. The Morgan fingerprint density at radius 3 is 2.67 bits per heavy atom. The Bertz CT molecular complexity index is 1300. The third-order valence-electron chi connectivity index (χ3n) is 8.85. The Kier molecular flexibility index (Phi) is 7.83. The SMILES string of the molecule is CC(=O)Oc1cccc2c1C[C@H]1NCC[C@@]23C[C@@H](N(CC(C)C)C(=O)C=Cc2cccc(C(F)(F)F)c2)CC[C@@H]13. The van der Waals surface area contributed by atoms with Crippen molar-refractivity contribution >= 4 is 18.0 Å². The first-order chi connectivity index (χ1) is 19.0. The van der Waals surface area contributed by atoms with Gasteiger partial charge in [-0.05, 0) is 85.9 Å². The molecule has 2 fully saturated rings. The number of carbonyl (C=O) groups is 2. The van der Waals surface area contributed by atoms with Crippen LogP contribution in [-0.2, 0) is 27.6 Å². The number of alkyl halides is 3. The number of amides is 1. The lowest BCUT2D eigenvalue weighted by molar-refractivity contribution is -0.137. The van der Waals surface area contributed by atoms with Gasteiger partial charge in [0.2, 0.25) is 5.91 Å². The summed E-state index contributed by atoms with van der Waals surface area (Å²) in [6.45, 7) is 7.02. The van der Waals surface area contributed by atoms with Gasteiger partial charge in [-0.3, -0.25) is 9.59 Å². The van der Waals surface area contributed by atoms with Crippen LogP contribution in [0, 0.1) is 11.8 Å². The summed E-state index contributed by atoms with van der Waals surface area (Å²) in [4.78, 5) is 27.4. The number of piperidine rings is 1. The van der Waals surface area contributed by atoms with Crippen molar-refractivity contribution in [3.63, 3.8) is 0 Å². The molecule has 1 aliphatic heterocycles. The number of benzene rings is 2. The molecule has 0 aromatic heterocycles. The van der Waals surface area contributed by atoms with Crippen molar-refractivity contribution in [3.8, 4) is 5.75 Å². The van der Waals surface area contributed by atoms with E-state index in [0.717, 1.165) is 56.3 Å². The van der Waals surface area contributed by atoms with Crippen LogP contribution in [0.5, 0.6) is 5.75 Å². The first kappa shape index (κ1) is 28.4. The molecule has 40 heavy (non-hydrogen) atoms. The molecule has 4 atom stereocenters. The molecule has 2 bridgehead atoms. The minimum atomic E-state index is -4.44. The summed E-state index contributed by atoms with van der Waals surface area (Å²) in [5.74, 6) is 0.762. The van der Waals surface area contributed by atoms with E-state index in [4.69, 9.17) is 4.74 Å². The highest BCUT2D eigenvalue weighted by atomic mass is 19.4. The Morgan fingerprint density at radius 2 is 1.95 bits per heavy atom. The zero-order valence-corrected chi connectivity index (χ0v) is 23.3. The zero-order valence-electron chi connectivity index (χ0n) is 23.3. The summed E-state index contributed by atoms with van der Waals surface area (Å²) >= 11 is 0. The summed E-state index contributed by atoms with van der Waals surface area (Å²) in [7, 11) is 0. The fourth-order valence-corrected chi connectivity index (χ4v) is 7.35. The van der Waals surface area contributed by atoms with E-state index in [9.17, 15) is 22.8 Å². The highest BCUT2D eigenvalue weighted by Gasteiger charge is 2.55. The second-order valence-electron chi connectivity index (χ2n) is 11.9. The van der Waals surface area contributed by atoms with Gasteiger partial charge in [0.1, 0.15) is 5.75 Å². The normalized spacial score (nSPS) is 25.8. The molecule has 1 saturated carbocycles. The molecule has 1 N–H and O–H groups in total. The molecular weight excluding hydrogens is 517 g/mol. The average molecular weight is 555 g/mol. The monoisotopic (exact) mass is 554 g/mol. The molecule has 1 saturated heterocycles. The standard InChI is InChI=1S/C32H37F3N2O3/c1-20(2)19-37(30(39)13-10-22-6-4-7-23(16-22)32(33,34)35)24-11-12-27-28-17-25-26(31(27,18-24)14-15-36-28)8-5-9-29(25)40-21(3)38/h4-10,13,16,20,24,27-28,36H,11-12,14-15,17-19H2,1-3H3/t24-,27-,28+,31+/m0/s1. The maximum Gasteiger partial charge on any atom is 0.416 e. The van der Waals surface area contributed by atoms with Gasteiger partial charge in [-0.2, -0.15) is 13.2 Å². The molecule has 2 aromatic rings. The maximum absolute atomic E-state index is 13.6. The van der Waals surface area contributed by atoms with Crippen LogP contribution in [0.3, 0.4) is 0 Å². The predicted octanol–water partition coefficient (Wildman–Crippen LogP) is 6.15. The van der Waals surface area contributed by atoms with Gasteiger partial charge in [-0.25, -0.2) is 0 Å². The Balaban J connectivity index is 1.45. The van der Waals surface area contributed by atoms with E-state index in [1.165, 1.54) is 30.7 Å². The smallest absolute Gasteiger partial charge is 0.416 e. The molecule has 2 aromatic carbocycles. The average Bonchev–Trinajstić information content (AvgIpc) is 2.90. The number of ether oxygens (including phenoxy) is 1. The van der Waals surface area contributed by atoms with Crippen molar-refractivity contribution in [1.29, 1.82) is 0 Å². The minimum Gasteiger partial charge on any atom is -0.426 e. The van der Waals surface area contributed by atoms with Crippen molar-refractivity contribution in [2.24, 2.45) is 11.8 Å². The van der Waals surface area contributed by atoms with E-state index < -0.39 is 11.7 Å². The third kappa shape index (κ3) is 5.55. The van der Waals surface area contributed by atoms with Gasteiger partial charge in [-0.1, -0.05) is 38.1 Å². The van der Waals surface area contributed by atoms with Gasteiger partial charge < -0.3 is 15.0 Å². The van der Waals surface area contributed by atoms with Crippen molar-refractivity contribution in [2.75, 3.05) is 13.1 Å². The van der Waals surface area contributed by atoms with Gasteiger partial charge >= 0.3 is 12.1 Å². The number of esters is 1. The van der Waals surface area contributed by atoms with Crippen LogP contribution in [0.1, 0.15) is 68.7 Å². The number of hydrogen-bond donors (Lipinski definition) is 1. The fourth-order valence-electron chi connectivity index (χ4n) is 7.35. The van der Waals surface area contributed by atoms with Crippen LogP contribution in [0.15, 0.2) is 48.5 Å². The molecule has 3 aliphatic rings. The Morgan fingerprint density at radius 1 is 1.18 bits per heavy atom. The number of rotatable bonds is 6. The topological polar surface area (TPSA) is 58.6 Å². The van der Waals surface area contributed by atoms with Gasteiger partial charge in [-0.15, -0.1) is 0 Å². The summed E-state index contributed by atoms with van der Waals surface area (Å²) < 4.78 is 45.2. The molecule has 0 unspecified atom stereocenters. The number of hydrogen-bond acceptors (Lipinski definition) is 4. The first-order valence-corrected chi connectivity index (χ1v) is 14.2. The number of nitrogens with one attached hydrogen (secondary N) is 1. The minimum absolute atomic E-state index is 0.000564. The number of nitrogens with zero attached hydrogens (tertiary/aromatic N) is 1. The Labute approximate surface area is 233 Å². The molecule has 1 heterocycles. The zero-order chi connectivity index (χ0) is 28.7. The van der Waals surface area contributed by atoms with E-state index in [-0.39, 0.29) is 35.3 Å². The molecule has 2 aliphatic carbocycles. The van der Waals surface area contributed by atoms with E-state index in [2.05, 4.69) is 25.2 Å². The lowest BCUT2D eigenvalue weighted by atomic mass is 9.51. The molecule has 0 radical (unpaired) electrons. The molecule has 5 nitrogen and oxygen atoms in total. The van der Waals surface area contributed by atoms with E-state index in [1.54, 1.807) is 6.07 Å². The van der Waals surface area contributed by atoms with Crippen LogP contribution >= 0.6 is 0 Å². The third-order valence-corrected chi connectivity index (χ3v) is 8.85. The van der Waals surface area contributed by atoms with Crippen LogP contribution in [0.4, 0.5) is 13.2 Å². The molecule has 0 spiro atoms. The second-order valence-corrected chi connectivity index (χ2v) is 11.9. The Hall–Kier alpha value is -3.13. The largest absolute Gasteiger partial charge is 0.426 e. The number of fused-ring (bicyclic) bond motifs is 1. The van der Waals surface area contributed by atoms with Crippen LogP contribution in [0.25, 0.3) is 6.08 Å². The fraction of sp³-hybridized carbons (Fsp3) is 0.500. The van der Waals surface area contributed by atoms with Gasteiger partial charge in [0.15, 0.2) is 0 Å². The first-order valence-electron chi connectivity index (χ1n) is 14.2. The number of halogens is 3. The lowest BCUT2D eigenvalue weighted by Crippen LogP contribution is -2.63. The van der Waals surface area contributed by atoms with Gasteiger partial charge in [0.25, 0.3) is 0 Å². The summed E-state index contributed by atoms with van der Waals surface area (Å²) in [5.41, 5.74) is 1.79. The van der Waals surface area contributed by atoms with Crippen molar-refractivity contribution in [3.05, 3.63) is 70.8 Å². The molecule has 1 amide bonds. The number of carbonyl (C=O) groups excluding carboxylic acids is 2. The van der Waals surface area contributed by atoms with Crippen molar-refractivity contribution in [2.45, 2.75) is 76.6 Å². The molecule has 8 heteroatoms. The van der Waals surface area contributed by atoms with Crippen LogP contribution in [-0.4, -0.2) is 41.9 Å². The predicted molar refractivity (Wildman–Crippen MR) is 148 cm³/mol. The highest BCUT2D eigenvalue weighted by molar-refractivity contribution is 5.92. The highest BCUT2D eigenvalue weighted by Crippen LogP contribution is 2.55. The van der Waals surface area contributed by atoms with E-state index in [0.29, 0.717) is 23.8 Å². The summed E-state index contributed by atoms with van der Waals surface area (Å²) in [6, 6.07) is 11.3. The second kappa shape index (κ2) is 11.0. The van der Waals surface area contributed by atoms with Crippen molar-refractivity contribution in [1.82, 2.24) is 10.2 Å². The van der Waals surface area contributed by atoms with Crippen LogP contribution < -0.4 is 10.1 Å². The van der Waals surface area contributed by atoms with Crippen LogP contribution in [0.2, 0.25) is 0 Å². The lowest BCUT2D eigenvalue weighted by Gasteiger charge is -2.58.